The Labute approximate surface area is 397 Å². The standard InChI is InChI=1S/C12H23N2.C12H23NO.C11H20N2O.C11H21N2.3Re.3Rf/c13-8-3-11-1-4-12(5-2-11)6-9-14-10-7-12;1-14-10-11-2-4-12(5-3-11)6-8-13-9-7-12;12-10(14)9-1-3-11(4-2-9)5-7-13-8-6-11;12-9-10-1-3-11(4-2-10)5-7-13-8-6-11;;;;;;/h11,13-14H,1-10H2;11,13H,2-10H2,1H3;9,13H,1-8H2,(H2,12,14);10,12-13H,1-9H2;;;;;;/q-1;;;-1;;;;;;/p-1. The van der Waals surface area contributed by atoms with E-state index in [4.69, 9.17) is 21.9 Å². The van der Waals surface area contributed by atoms with Gasteiger partial charge in [-0.15, -0.1) is 6.54 Å². The van der Waals surface area contributed by atoms with E-state index in [9.17, 15) is 4.79 Å². The molecular weight excluding hydrogens is 2040 g/mol. The van der Waals surface area contributed by atoms with Gasteiger partial charge in [0.2, 0.25) is 0 Å². The summed E-state index contributed by atoms with van der Waals surface area (Å²) in [5, 5.41) is 13.8. The first-order chi connectivity index (χ1) is 26.8. The van der Waals surface area contributed by atoms with Crippen molar-refractivity contribution in [3.63, 3.8) is 0 Å². The molecule has 61 heavy (non-hydrogen) atoms. The molecule has 4 saturated heterocycles. The maximum Gasteiger partial charge on any atom is 0.0519 e. The first-order valence-electron chi connectivity index (χ1n) is 23.6. The Balaban J connectivity index is 0. The fourth-order valence-corrected chi connectivity index (χ4v) is 12.3. The number of nitrogens with one attached hydrogen (secondary N) is 7. The van der Waals surface area contributed by atoms with Gasteiger partial charge < -0.3 is 48.0 Å². The van der Waals surface area contributed by atoms with E-state index in [-0.39, 0.29) is 73.1 Å². The van der Waals surface area contributed by atoms with E-state index in [1.165, 1.54) is 181 Å². The Bertz CT molecular complexity index is 1020. The second kappa shape index (κ2) is 31.1. The Morgan fingerprint density at radius 3 is 1.02 bits per heavy atom. The van der Waals surface area contributed by atoms with Gasteiger partial charge >= 0.3 is 0 Å². The number of hydrogen-bond acceptors (Lipinski definition) is 6. The summed E-state index contributed by atoms with van der Waals surface area (Å²) in [5.41, 5.74) is 24.4. The van der Waals surface area contributed by atoms with Crippen LogP contribution in [-0.2, 0) is 70.8 Å². The number of ether oxygens (including phenoxy) is 1. The number of amides is 1. The summed E-state index contributed by atoms with van der Waals surface area (Å²) < 4.78 is 5.24. The van der Waals surface area contributed by atoms with Crippen LogP contribution in [0.1, 0.15) is 161 Å². The molecule has 0 aromatic carbocycles. The van der Waals surface area contributed by atoms with Crippen LogP contribution in [0.3, 0.4) is 0 Å². The molecule has 8 fully saturated rings. The van der Waals surface area contributed by atoms with Gasteiger partial charge in [-0.05, 0) is 227 Å². The van der Waals surface area contributed by atoms with Gasteiger partial charge in [0.05, 0.1) is 5.91 Å². The zero-order chi connectivity index (χ0) is 38.9. The minimum absolute atomic E-state index is 0. The average Bonchev–Trinajstić information content (AvgIpc) is 3.23. The van der Waals surface area contributed by atoms with Crippen molar-refractivity contribution >= 4 is 5.91 Å². The predicted octanol–water partition coefficient (Wildman–Crippen LogP) is 9.90. The summed E-state index contributed by atoms with van der Waals surface area (Å²) in [4.78, 5) is 10.9. The molecule has 0 aromatic heterocycles. The van der Waals surface area contributed by atoms with Gasteiger partial charge in [0.1, 0.15) is 0 Å². The van der Waals surface area contributed by atoms with Gasteiger partial charge in [-0.25, -0.2) is 0 Å². The normalized spacial score (nSPS) is 28.1. The van der Waals surface area contributed by atoms with E-state index < -0.39 is 0 Å². The number of piperidine rings is 4. The van der Waals surface area contributed by atoms with E-state index >= 15 is 0 Å². The van der Waals surface area contributed by atoms with Crippen molar-refractivity contribution in [2.45, 2.75) is 161 Å². The molecule has 0 aromatic rings. The summed E-state index contributed by atoms with van der Waals surface area (Å²) in [6, 6.07) is 0. The fourth-order valence-electron chi connectivity index (χ4n) is 12.3. The molecule has 9 nitrogen and oxygen atoms in total. The van der Waals surface area contributed by atoms with Crippen molar-refractivity contribution in [1.29, 1.82) is 0 Å². The average molecular weight is 2130 g/mol. The van der Waals surface area contributed by atoms with Crippen molar-refractivity contribution < 1.29 is 70.8 Å². The van der Waals surface area contributed by atoms with Crippen LogP contribution in [-0.4, -0.2) is 85.1 Å². The van der Waals surface area contributed by atoms with E-state index in [0.29, 0.717) is 29.3 Å². The molecular formula is C46H86N7O2Re3Rf3-3. The summed E-state index contributed by atoms with van der Waals surface area (Å²) in [6.45, 7) is 12.0. The number of hydrogen-bond donors (Lipinski definition) is 4. The minimum Gasteiger partial charge on any atom is -0.677 e. The monoisotopic (exact) mass is 2130 g/mol. The SMILES string of the molecule is COCC1CCC2(CCNCC2)CC1.[NH-]C(=O)C1CCC2(CCNCC2)CC1.[NH-]CC1CCC2(CCNCC2)CC1.[NH-]CCC1CCC2(CCNCC2)CC1.[Re].[Re].[Re].[Rf].[Rf].[Rf]. The number of methoxy groups -OCH3 is 1. The molecule has 4 saturated carbocycles. The second-order valence-electron chi connectivity index (χ2n) is 20.2. The summed E-state index contributed by atoms with van der Waals surface area (Å²) >= 11 is 0. The van der Waals surface area contributed by atoms with E-state index in [1.807, 2.05) is 7.11 Å². The topological polar surface area (TPSA) is 146 Å². The largest absolute Gasteiger partial charge is 0.677 e. The van der Waals surface area contributed by atoms with Gasteiger partial charge in [-0.3, -0.25) is 0 Å². The third-order valence-corrected chi connectivity index (χ3v) is 16.8. The zero-order valence-electron chi connectivity index (χ0n) is 38.8. The van der Waals surface area contributed by atoms with Crippen molar-refractivity contribution in [2.75, 3.05) is 79.2 Å². The van der Waals surface area contributed by atoms with Crippen molar-refractivity contribution in [2.24, 2.45) is 45.3 Å². The van der Waals surface area contributed by atoms with Crippen LogP contribution >= 0.6 is 0 Å². The van der Waals surface area contributed by atoms with Crippen LogP contribution in [0.5, 0.6) is 0 Å². The van der Waals surface area contributed by atoms with E-state index in [0.717, 1.165) is 62.1 Å². The van der Waals surface area contributed by atoms with Gasteiger partial charge in [-0.2, -0.15) is 6.54 Å². The van der Waals surface area contributed by atoms with Crippen LogP contribution in [0.15, 0.2) is 0 Å². The summed E-state index contributed by atoms with van der Waals surface area (Å²) in [5.74, 6) is 2.17. The Morgan fingerprint density at radius 1 is 0.475 bits per heavy atom. The maximum atomic E-state index is 10.9. The molecule has 7 N–H and O–H groups in total. The molecule has 15 heteroatoms. The molecule has 347 valence electrons. The van der Waals surface area contributed by atoms with Crippen LogP contribution in [0.4, 0.5) is 0 Å². The first kappa shape index (κ1) is 61.3. The maximum absolute atomic E-state index is 10.9. The van der Waals surface area contributed by atoms with Gasteiger partial charge in [-0.1, -0.05) is 25.2 Å². The molecule has 4 heterocycles. The van der Waals surface area contributed by atoms with Gasteiger partial charge in [0, 0.05) is 80.9 Å². The number of rotatable bonds is 6. The van der Waals surface area contributed by atoms with Crippen molar-refractivity contribution in [1.82, 2.24) is 21.3 Å². The predicted molar refractivity (Wildman–Crippen MR) is 230 cm³/mol. The molecule has 0 atom stereocenters. The number of carbonyl (C=O) groups is 1. The smallest absolute Gasteiger partial charge is 0.0519 e. The van der Waals surface area contributed by atoms with Gasteiger partial charge in [0.15, 0.2) is 0 Å². The number of carbonyl (C=O) groups excluding carboxylic acids is 1. The quantitative estimate of drug-likeness (QED) is 0.209. The Kier molecular flexibility index (Phi) is 31.3. The van der Waals surface area contributed by atoms with Crippen LogP contribution in [0, 0.1) is 45.3 Å². The molecule has 4 aliphatic carbocycles. The first-order valence-corrected chi connectivity index (χ1v) is 23.6. The molecule has 4 spiro atoms. The summed E-state index contributed by atoms with van der Waals surface area (Å²) in [7, 11) is 1.83. The molecule has 8 aliphatic rings. The third kappa shape index (κ3) is 19.0. The molecule has 0 unspecified atom stereocenters. The van der Waals surface area contributed by atoms with Crippen molar-refractivity contribution in [3.05, 3.63) is 17.2 Å². The Hall–Kier alpha value is -1.82. The Morgan fingerprint density at radius 2 is 0.754 bits per heavy atom. The minimum atomic E-state index is -0.339. The molecule has 3 radical (unpaired) electrons. The molecule has 8 rings (SSSR count). The molecule has 4 aliphatic heterocycles. The summed E-state index contributed by atoms with van der Waals surface area (Å²) in [6.07, 6.45) is 33.2. The van der Waals surface area contributed by atoms with Crippen LogP contribution in [0.2, 0.25) is 0 Å². The van der Waals surface area contributed by atoms with E-state index in [1.54, 1.807) is 0 Å². The third-order valence-electron chi connectivity index (χ3n) is 16.8. The zero-order valence-corrected chi connectivity index (χ0v) is 66.2. The second-order valence-corrected chi connectivity index (χ2v) is 20.2. The van der Waals surface area contributed by atoms with Crippen LogP contribution in [0.25, 0.3) is 17.2 Å². The molecule has 0 bridgehead atoms. The van der Waals surface area contributed by atoms with Crippen molar-refractivity contribution in [3.8, 4) is 0 Å². The van der Waals surface area contributed by atoms with E-state index in [2.05, 4.69) is 21.3 Å². The van der Waals surface area contributed by atoms with Gasteiger partial charge in [0.25, 0.3) is 0 Å². The molecule has 1 amide bonds. The fraction of sp³-hybridized carbons (Fsp3) is 0.978. The van der Waals surface area contributed by atoms with Crippen LogP contribution < -0.4 is 21.3 Å².